The second-order valence-electron chi connectivity index (χ2n) is 3.48. The van der Waals surface area contributed by atoms with Crippen molar-refractivity contribution in [2.24, 2.45) is 5.92 Å². The Morgan fingerprint density at radius 2 is 1.86 bits per heavy atom. The summed E-state index contributed by atoms with van der Waals surface area (Å²) in [4.78, 5) is 0. The predicted molar refractivity (Wildman–Crippen MR) is 55.8 cm³/mol. The van der Waals surface area contributed by atoms with Gasteiger partial charge in [-0.1, -0.05) is 37.8 Å². The number of para-hydroxylation sites is 1. The van der Waals surface area contributed by atoms with Gasteiger partial charge in [0.1, 0.15) is 11.9 Å². The largest absolute Gasteiger partial charge is 0.507 e. The predicted octanol–water partition coefficient (Wildman–Crippen LogP) is 1.76. The van der Waals surface area contributed by atoms with Crippen molar-refractivity contribution in [1.29, 1.82) is 0 Å². The molecule has 2 heteroatoms. The number of hydrogen-bond donors (Lipinski definition) is 2. The molecule has 0 heterocycles. The molecule has 0 bridgehead atoms. The van der Waals surface area contributed by atoms with Gasteiger partial charge in [0.2, 0.25) is 0 Å². The molecule has 0 aliphatic rings. The molecule has 2 N–H and O–H groups in total. The molecule has 74 valence electrons. The zero-order valence-electron chi connectivity index (χ0n) is 8.36. The molecule has 0 saturated heterocycles. The molecule has 0 fully saturated rings. The van der Waals surface area contributed by atoms with Crippen LogP contribution in [0.15, 0.2) is 24.3 Å². The molecule has 0 aliphatic heterocycles. The van der Waals surface area contributed by atoms with Gasteiger partial charge in [-0.15, -0.1) is 0 Å². The van der Waals surface area contributed by atoms with E-state index in [1.54, 1.807) is 24.3 Å². The Balaban J connectivity index is 2.83. The molecular weight excluding hydrogens is 176 g/mol. The third-order valence-corrected chi connectivity index (χ3v) is 1.89. The van der Waals surface area contributed by atoms with E-state index in [-0.39, 0.29) is 11.7 Å². The third kappa shape index (κ3) is 2.79. The van der Waals surface area contributed by atoms with E-state index >= 15 is 0 Å². The number of aromatic hydroxyl groups is 1. The fourth-order valence-electron chi connectivity index (χ4n) is 0.898. The van der Waals surface area contributed by atoms with Gasteiger partial charge in [-0.2, -0.15) is 0 Å². The Morgan fingerprint density at radius 1 is 1.21 bits per heavy atom. The van der Waals surface area contributed by atoms with Crippen LogP contribution >= 0.6 is 0 Å². The number of benzene rings is 1. The van der Waals surface area contributed by atoms with Crippen LogP contribution in [0, 0.1) is 17.8 Å². The van der Waals surface area contributed by atoms with E-state index in [1.807, 2.05) is 13.8 Å². The molecule has 2 nitrogen and oxygen atoms in total. The molecule has 0 saturated carbocycles. The molecule has 0 amide bonds. The van der Waals surface area contributed by atoms with Crippen LogP contribution in [0.4, 0.5) is 0 Å². The first-order valence-corrected chi connectivity index (χ1v) is 4.59. The highest BCUT2D eigenvalue weighted by atomic mass is 16.3. The fraction of sp³-hybridized carbons (Fsp3) is 0.333. The van der Waals surface area contributed by atoms with Crippen molar-refractivity contribution in [2.45, 2.75) is 20.0 Å². The Bertz CT molecular complexity index is 358. The molecule has 1 unspecified atom stereocenters. The smallest absolute Gasteiger partial charge is 0.131 e. The molecule has 14 heavy (non-hydrogen) atoms. The van der Waals surface area contributed by atoms with Gasteiger partial charge >= 0.3 is 0 Å². The van der Waals surface area contributed by atoms with Crippen molar-refractivity contribution in [3.8, 4) is 17.6 Å². The first-order valence-electron chi connectivity index (χ1n) is 4.59. The van der Waals surface area contributed by atoms with E-state index in [9.17, 15) is 10.2 Å². The van der Waals surface area contributed by atoms with Crippen LogP contribution in [0.5, 0.6) is 5.75 Å². The summed E-state index contributed by atoms with van der Waals surface area (Å²) in [5, 5.41) is 18.8. The summed E-state index contributed by atoms with van der Waals surface area (Å²) in [5.74, 6) is 5.68. The highest BCUT2D eigenvalue weighted by molar-refractivity contribution is 5.45. The second-order valence-corrected chi connectivity index (χ2v) is 3.48. The van der Waals surface area contributed by atoms with Crippen LogP contribution in [0.25, 0.3) is 0 Å². The van der Waals surface area contributed by atoms with Crippen LogP contribution in [0.1, 0.15) is 19.4 Å². The van der Waals surface area contributed by atoms with Crippen molar-refractivity contribution in [3.63, 3.8) is 0 Å². The Morgan fingerprint density at radius 3 is 2.43 bits per heavy atom. The highest BCUT2D eigenvalue weighted by Crippen LogP contribution is 2.13. The Hall–Kier alpha value is -1.46. The summed E-state index contributed by atoms with van der Waals surface area (Å²) in [5.41, 5.74) is 0.548. The Kier molecular flexibility index (Phi) is 3.55. The first-order chi connectivity index (χ1) is 6.61. The lowest BCUT2D eigenvalue weighted by Gasteiger charge is -2.05. The van der Waals surface area contributed by atoms with E-state index in [4.69, 9.17) is 0 Å². The summed E-state index contributed by atoms with van der Waals surface area (Å²) in [6.07, 6.45) is -0.644. The molecule has 0 spiro atoms. The number of rotatable bonds is 1. The van der Waals surface area contributed by atoms with Crippen molar-refractivity contribution >= 4 is 0 Å². The van der Waals surface area contributed by atoms with Crippen LogP contribution < -0.4 is 0 Å². The minimum atomic E-state index is -0.644. The highest BCUT2D eigenvalue weighted by Gasteiger charge is 2.03. The summed E-state index contributed by atoms with van der Waals surface area (Å²) in [7, 11) is 0. The quantitative estimate of drug-likeness (QED) is 0.662. The van der Waals surface area contributed by atoms with E-state index in [0.29, 0.717) is 5.56 Å². The molecule has 1 aromatic rings. The van der Waals surface area contributed by atoms with Crippen LogP contribution in [0.3, 0.4) is 0 Å². The Labute approximate surface area is 84.2 Å². The molecule has 0 aromatic heterocycles. The maximum Gasteiger partial charge on any atom is 0.131 e. The summed E-state index contributed by atoms with van der Waals surface area (Å²) in [6.45, 7) is 3.79. The van der Waals surface area contributed by atoms with Gasteiger partial charge in [0, 0.05) is 0 Å². The van der Waals surface area contributed by atoms with Gasteiger partial charge in [0.05, 0.1) is 5.56 Å². The number of aliphatic hydroxyl groups is 1. The number of phenols is 1. The van der Waals surface area contributed by atoms with Crippen molar-refractivity contribution in [3.05, 3.63) is 29.8 Å². The van der Waals surface area contributed by atoms with E-state index in [1.165, 1.54) is 0 Å². The zero-order chi connectivity index (χ0) is 10.6. The van der Waals surface area contributed by atoms with Gasteiger partial charge in [0.25, 0.3) is 0 Å². The number of hydrogen-bond acceptors (Lipinski definition) is 2. The summed E-state index contributed by atoms with van der Waals surface area (Å²) >= 11 is 0. The lowest BCUT2D eigenvalue weighted by atomic mass is 10.1. The monoisotopic (exact) mass is 190 g/mol. The van der Waals surface area contributed by atoms with E-state index in [0.717, 1.165) is 0 Å². The summed E-state index contributed by atoms with van der Waals surface area (Å²) in [6, 6.07) is 6.83. The minimum Gasteiger partial charge on any atom is -0.507 e. The minimum absolute atomic E-state index is 0.105. The normalized spacial score (nSPS) is 12.0. The van der Waals surface area contributed by atoms with Crippen molar-refractivity contribution in [1.82, 2.24) is 0 Å². The zero-order valence-corrected chi connectivity index (χ0v) is 8.36. The average molecular weight is 190 g/mol. The molecule has 0 radical (unpaired) electrons. The average Bonchev–Trinajstić information content (AvgIpc) is 2.16. The number of aliphatic hydroxyl groups excluding tert-OH is 1. The van der Waals surface area contributed by atoms with E-state index in [2.05, 4.69) is 11.8 Å². The van der Waals surface area contributed by atoms with Crippen LogP contribution in [-0.4, -0.2) is 16.3 Å². The summed E-state index contributed by atoms with van der Waals surface area (Å²) < 4.78 is 0. The van der Waals surface area contributed by atoms with Gasteiger partial charge < -0.3 is 10.2 Å². The van der Waals surface area contributed by atoms with Gasteiger partial charge in [-0.25, -0.2) is 0 Å². The topological polar surface area (TPSA) is 40.5 Å². The van der Waals surface area contributed by atoms with Gasteiger partial charge in [-0.3, -0.25) is 0 Å². The molecule has 1 rings (SSSR count). The van der Waals surface area contributed by atoms with Crippen LogP contribution in [-0.2, 0) is 0 Å². The lowest BCUT2D eigenvalue weighted by molar-refractivity contribution is 0.181. The SMILES string of the molecule is CC(C)C(O)C#Cc1ccccc1O. The molecular formula is C12H14O2. The molecule has 0 aliphatic carbocycles. The standard InChI is InChI=1S/C12H14O2/c1-9(2)11(13)8-7-10-5-3-4-6-12(10)14/h3-6,9,11,13-14H,1-2H3. The van der Waals surface area contributed by atoms with Gasteiger partial charge in [0.15, 0.2) is 0 Å². The van der Waals surface area contributed by atoms with E-state index < -0.39 is 6.10 Å². The van der Waals surface area contributed by atoms with Crippen molar-refractivity contribution < 1.29 is 10.2 Å². The molecule has 1 aromatic carbocycles. The maximum absolute atomic E-state index is 9.42. The second kappa shape index (κ2) is 4.69. The van der Waals surface area contributed by atoms with Crippen molar-refractivity contribution in [2.75, 3.05) is 0 Å². The lowest BCUT2D eigenvalue weighted by Crippen LogP contribution is -2.11. The maximum atomic E-state index is 9.42. The van der Waals surface area contributed by atoms with Crippen LogP contribution in [0.2, 0.25) is 0 Å². The molecule has 1 atom stereocenters. The fourth-order valence-corrected chi connectivity index (χ4v) is 0.898. The number of phenolic OH excluding ortho intramolecular Hbond substituents is 1. The first kappa shape index (κ1) is 10.6. The third-order valence-electron chi connectivity index (χ3n) is 1.89. The van der Waals surface area contributed by atoms with Gasteiger partial charge in [-0.05, 0) is 18.1 Å².